The van der Waals surface area contributed by atoms with Crippen LogP contribution in [-0.2, 0) is 27.0 Å². The van der Waals surface area contributed by atoms with E-state index in [1.54, 1.807) is 0 Å². The molecule has 1 saturated carbocycles. The van der Waals surface area contributed by atoms with Gasteiger partial charge >= 0.3 is 6.18 Å². The lowest BCUT2D eigenvalue weighted by Gasteiger charge is -2.50. The zero-order chi connectivity index (χ0) is 28.8. The van der Waals surface area contributed by atoms with Gasteiger partial charge in [-0.25, -0.2) is 0 Å². The van der Waals surface area contributed by atoms with Crippen LogP contribution >= 0.6 is 0 Å². The van der Waals surface area contributed by atoms with Gasteiger partial charge in [-0.2, -0.15) is 13.2 Å². The standard InChI is InChI=1S/C26H28F3N3O7/c1-32(2)19-12-7-9-6-11-16(14(33)8-10(13-4-3-5-31-13)18(11)26(27,28)29)20(34)15(9)22(36)25(12,39)23(37)17(21(19)35)24(30)38/h8-9,12-13,19,31,33-34,37,39H,3-7H2,1-2H3,(H2,30,38)/t9-,12-,13+,19-,25-/m0/s1. The summed E-state index contributed by atoms with van der Waals surface area (Å²) in [5.41, 5.74) is -1.21. The van der Waals surface area contributed by atoms with Gasteiger partial charge in [0.05, 0.1) is 17.2 Å². The molecule has 0 spiro atoms. The van der Waals surface area contributed by atoms with Gasteiger partial charge in [-0.05, 0) is 69.4 Å². The van der Waals surface area contributed by atoms with E-state index in [2.05, 4.69) is 5.32 Å². The highest BCUT2D eigenvalue weighted by Crippen LogP contribution is 2.55. The summed E-state index contributed by atoms with van der Waals surface area (Å²) in [6.07, 6.45) is -4.55. The minimum atomic E-state index is -4.86. The average Bonchev–Trinajstić information content (AvgIpc) is 3.34. The fourth-order valence-electron chi connectivity index (χ4n) is 6.91. The normalized spacial score (nSPS) is 30.9. The van der Waals surface area contributed by atoms with E-state index in [9.17, 15) is 48.0 Å². The van der Waals surface area contributed by atoms with E-state index >= 15 is 0 Å². The molecule has 5 atom stereocenters. The monoisotopic (exact) mass is 551 g/mol. The van der Waals surface area contributed by atoms with Crippen molar-refractivity contribution in [3.63, 3.8) is 0 Å². The Kier molecular flexibility index (Phi) is 6.13. The number of likely N-dealkylation sites (N-methyl/N-ethyl adjacent to an activating group) is 1. The molecule has 210 valence electrons. The van der Waals surface area contributed by atoms with E-state index in [4.69, 9.17) is 5.73 Å². The van der Waals surface area contributed by atoms with Gasteiger partial charge in [0.25, 0.3) is 5.91 Å². The molecule has 4 aliphatic rings. The lowest BCUT2D eigenvalue weighted by atomic mass is 9.57. The number of nitrogens with two attached hydrogens (primary N) is 1. The predicted octanol–water partition coefficient (Wildman–Crippen LogP) is 1.41. The molecule has 0 radical (unpaired) electrons. The molecule has 13 heteroatoms. The van der Waals surface area contributed by atoms with Crippen LogP contribution in [0.5, 0.6) is 5.75 Å². The number of aliphatic hydroxyl groups is 3. The molecule has 0 aromatic heterocycles. The molecule has 7 N–H and O–H groups in total. The van der Waals surface area contributed by atoms with Crippen LogP contribution < -0.4 is 11.1 Å². The maximum atomic E-state index is 14.5. The molecule has 5 rings (SSSR count). The van der Waals surface area contributed by atoms with Gasteiger partial charge in [-0.15, -0.1) is 0 Å². The summed E-state index contributed by atoms with van der Waals surface area (Å²) in [4.78, 5) is 40.3. The second kappa shape index (κ2) is 8.80. The fraction of sp³-hybridized carbons (Fsp3) is 0.500. The van der Waals surface area contributed by atoms with Crippen LogP contribution in [0, 0.1) is 11.8 Å². The number of aliphatic hydroxyl groups excluding tert-OH is 2. The van der Waals surface area contributed by atoms with Crippen molar-refractivity contribution < 1.29 is 48.0 Å². The predicted molar refractivity (Wildman–Crippen MR) is 129 cm³/mol. The molecule has 1 aromatic carbocycles. The van der Waals surface area contributed by atoms with Gasteiger partial charge < -0.3 is 31.5 Å². The van der Waals surface area contributed by atoms with Crippen LogP contribution in [0.15, 0.2) is 23.0 Å². The third kappa shape index (κ3) is 3.70. The van der Waals surface area contributed by atoms with Crippen molar-refractivity contribution in [3.8, 4) is 5.75 Å². The first kappa shape index (κ1) is 27.2. The van der Waals surface area contributed by atoms with Crippen LogP contribution in [-0.4, -0.2) is 75.1 Å². The second-order valence-electron chi connectivity index (χ2n) is 10.8. The van der Waals surface area contributed by atoms with Crippen molar-refractivity contribution in [1.82, 2.24) is 10.2 Å². The highest BCUT2D eigenvalue weighted by molar-refractivity contribution is 6.24. The maximum Gasteiger partial charge on any atom is 0.417 e. The molecular formula is C26H28F3N3O7. The Morgan fingerprint density at radius 1 is 1.21 bits per heavy atom. The molecule has 1 amide bonds. The number of aromatic hydroxyl groups is 1. The lowest BCUT2D eigenvalue weighted by molar-refractivity contribution is -0.153. The van der Waals surface area contributed by atoms with Crippen LogP contribution in [0.25, 0.3) is 5.76 Å². The molecular weight excluding hydrogens is 523 g/mol. The molecule has 10 nitrogen and oxygen atoms in total. The summed E-state index contributed by atoms with van der Waals surface area (Å²) in [5, 5.41) is 47.4. The van der Waals surface area contributed by atoms with Crippen LogP contribution in [0.4, 0.5) is 13.2 Å². The third-order valence-electron chi connectivity index (χ3n) is 8.47. The number of phenolic OH excluding ortho intramolecular Hbond substituents is 1. The summed E-state index contributed by atoms with van der Waals surface area (Å²) in [6, 6.07) is -1.07. The minimum absolute atomic E-state index is 0.170. The number of primary amides is 1. The number of rotatable bonds is 3. The Labute approximate surface area is 220 Å². The van der Waals surface area contributed by atoms with Crippen molar-refractivity contribution >= 4 is 23.2 Å². The average molecular weight is 552 g/mol. The molecule has 1 saturated heterocycles. The van der Waals surface area contributed by atoms with Gasteiger partial charge in [0.2, 0.25) is 5.78 Å². The fourth-order valence-corrected chi connectivity index (χ4v) is 6.91. The molecule has 1 heterocycles. The van der Waals surface area contributed by atoms with Gasteiger partial charge in [0, 0.05) is 17.5 Å². The van der Waals surface area contributed by atoms with Crippen molar-refractivity contribution in [2.24, 2.45) is 17.6 Å². The number of carbonyl (C=O) groups is 3. The Morgan fingerprint density at radius 2 is 1.87 bits per heavy atom. The molecule has 0 bridgehead atoms. The quantitative estimate of drug-likeness (QED) is 0.304. The van der Waals surface area contributed by atoms with Crippen LogP contribution in [0.2, 0.25) is 0 Å². The Bertz CT molecular complexity index is 1380. The number of amides is 1. The van der Waals surface area contributed by atoms with E-state index in [-0.39, 0.29) is 12.0 Å². The molecule has 1 aromatic rings. The molecule has 39 heavy (non-hydrogen) atoms. The summed E-state index contributed by atoms with van der Waals surface area (Å²) in [6.45, 7) is 0.497. The summed E-state index contributed by atoms with van der Waals surface area (Å²) >= 11 is 0. The molecule has 0 unspecified atom stereocenters. The molecule has 3 aliphatic carbocycles. The van der Waals surface area contributed by atoms with E-state index in [1.807, 2.05) is 0 Å². The number of benzene rings is 1. The van der Waals surface area contributed by atoms with E-state index in [1.165, 1.54) is 19.0 Å². The Balaban J connectivity index is 1.76. The van der Waals surface area contributed by atoms with Crippen LogP contribution in [0.3, 0.4) is 0 Å². The number of hydrogen-bond donors (Lipinski definition) is 6. The third-order valence-corrected chi connectivity index (χ3v) is 8.47. The van der Waals surface area contributed by atoms with Crippen molar-refractivity contribution in [1.29, 1.82) is 0 Å². The number of ketones is 2. The first-order valence-electron chi connectivity index (χ1n) is 12.5. The zero-order valence-corrected chi connectivity index (χ0v) is 21.1. The van der Waals surface area contributed by atoms with Gasteiger partial charge in [0.15, 0.2) is 11.4 Å². The SMILES string of the molecule is CN(C)[C@@H]1C(=O)C(C(N)=O)=C(O)[C@@]2(O)C(=O)C3=C(O)c4c(O)cc([C@H]5CCCN5)c(C(F)(F)F)c4C[C@H]3C[C@@H]12. The number of nitrogens with zero attached hydrogens (tertiary/aromatic N) is 1. The number of alkyl halides is 3. The first-order chi connectivity index (χ1) is 18.1. The minimum Gasteiger partial charge on any atom is -0.508 e. The lowest BCUT2D eigenvalue weighted by Crippen LogP contribution is -2.65. The van der Waals surface area contributed by atoms with E-state index in [0.29, 0.717) is 19.4 Å². The summed E-state index contributed by atoms with van der Waals surface area (Å²) in [5.74, 6) is -8.96. The Morgan fingerprint density at radius 3 is 2.41 bits per heavy atom. The number of Topliss-reactive ketones (excluding diaryl/α,β-unsaturated/α-hetero) is 2. The van der Waals surface area contributed by atoms with Gasteiger partial charge in [-0.3, -0.25) is 19.3 Å². The highest BCUT2D eigenvalue weighted by Gasteiger charge is 2.64. The van der Waals surface area contributed by atoms with Gasteiger partial charge in [-0.1, -0.05) is 0 Å². The topological polar surface area (TPSA) is 173 Å². The van der Waals surface area contributed by atoms with Gasteiger partial charge in [0.1, 0.15) is 22.8 Å². The molecule has 1 aliphatic heterocycles. The second-order valence-corrected chi connectivity index (χ2v) is 10.8. The van der Waals surface area contributed by atoms with E-state index in [0.717, 1.165) is 6.07 Å². The summed E-state index contributed by atoms with van der Waals surface area (Å²) < 4.78 is 43.6. The first-order valence-corrected chi connectivity index (χ1v) is 12.5. The zero-order valence-electron chi connectivity index (χ0n) is 21.1. The number of halogens is 3. The number of fused-ring (bicyclic) bond motifs is 3. The summed E-state index contributed by atoms with van der Waals surface area (Å²) in [7, 11) is 2.88. The highest BCUT2D eigenvalue weighted by atomic mass is 19.4. The largest absolute Gasteiger partial charge is 0.508 e. The number of hydrogen-bond acceptors (Lipinski definition) is 9. The molecule has 2 fully saturated rings. The van der Waals surface area contributed by atoms with Crippen molar-refractivity contribution in [2.75, 3.05) is 20.6 Å². The van der Waals surface area contributed by atoms with E-state index < -0.39 is 105 Å². The smallest absolute Gasteiger partial charge is 0.417 e. The van der Waals surface area contributed by atoms with Crippen molar-refractivity contribution in [3.05, 3.63) is 45.2 Å². The van der Waals surface area contributed by atoms with Crippen LogP contribution in [0.1, 0.15) is 47.6 Å². The number of phenols is 1. The Hall–Kier alpha value is -3.42. The number of nitrogens with one attached hydrogen (secondary N) is 1. The maximum absolute atomic E-state index is 14.5. The van der Waals surface area contributed by atoms with Crippen molar-refractivity contribution in [2.45, 2.75) is 49.5 Å². The number of carbonyl (C=O) groups excluding carboxylic acids is 3.